The molecule has 0 amide bonds. The predicted octanol–water partition coefficient (Wildman–Crippen LogP) is -0.0868. The zero-order valence-electron chi connectivity index (χ0n) is 6.99. The number of ketones is 1. The van der Waals surface area contributed by atoms with Crippen LogP contribution in [0.25, 0.3) is 0 Å². The molecule has 5 nitrogen and oxygen atoms in total. The number of Topliss-reactive ketones (excluding diaryl/α,β-unsaturated/α-hetero) is 1. The van der Waals surface area contributed by atoms with Crippen LogP contribution in [0.4, 0.5) is 0 Å². The van der Waals surface area contributed by atoms with Gasteiger partial charge in [-0.2, -0.15) is 0 Å². The van der Waals surface area contributed by atoms with Gasteiger partial charge in [-0.3, -0.25) is 4.79 Å². The van der Waals surface area contributed by atoms with E-state index in [2.05, 4.69) is 5.32 Å². The highest BCUT2D eigenvalue weighted by atomic mass is 35.5. The standard InChI is InChI=1S/C7H9NO4.ClH/c1-2-8-6-5(7(10)11)4(9)3-12-6;/h8H,2-3H2,1H3,(H,10,11);1H. The molecule has 0 bridgehead atoms. The molecule has 1 heterocycles. The second kappa shape index (κ2) is 4.71. The highest BCUT2D eigenvalue weighted by molar-refractivity contribution is 6.18. The third-order valence-electron chi connectivity index (χ3n) is 1.40. The molecule has 13 heavy (non-hydrogen) atoms. The number of carboxylic acids is 1. The fourth-order valence-corrected chi connectivity index (χ4v) is 0.925. The van der Waals surface area contributed by atoms with Gasteiger partial charge in [0.25, 0.3) is 0 Å². The van der Waals surface area contributed by atoms with E-state index >= 15 is 0 Å². The molecular weight excluding hydrogens is 198 g/mol. The van der Waals surface area contributed by atoms with Gasteiger partial charge in [-0.15, -0.1) is 12.4 Å². The largest absolute Gasteiger partial charge is 0.477 e. The lowest BCUT2D eigenvalue weighted by Crippen LogP contribution is -2.17. The van der Waals surface area contributed by atoms with Gasteiger partial charge in [0.15, 0.2) is 12.2 Å². The maximum absolute atomic E-state index is 10.9. The molecule has 0 saturated heterocycles. The van der Waals surface area contributed by atoms with E-state index in [1.165, 1.54) is 0 Å². The van der Waals surface area contributed by atoms with Crippen molar-refractivity contribution >= 4 is 24.2 Å². The van der Waals surface area contributed by atoms with Crippen molar-refractivity contribution in [3.63, 3.8) is 0 Å². The molecule has 0 aliphatic carbocycles. The van der Waals surface area contributed by atoms with Gasteiger partial charge in [0.1, 0.15) is 0 Å². The third kappa shape index (κ3) is 2.35. The number of carbonyl (C=O) groups is 2. The molecule has 0 aromatic rings. The summed E-state index contributed by atoms with van der Waals surface area (Å²) in [6.07, 6.45) is 0. The molecule has 1 aliphatic heterocycles. The van der Waals surface area contributed by atoms with Crippen molar-refractivity contribution in [2.45, 2.75) is 6.92 Å². The number of carboxylic acid groups (broad SMARTS) is 1. The molecule has 6 heteroatoms. The van der Waals surface area contributed by atoms with Gasteiger partial charge in [0, 0.05) is 6.54 Å². The fraction of sp³-hybridized carbons (Fsp3) is 0.429. The Kier molecular flexibility index (Phi) is 4.27. The number of nitrogens with one attached hydrogen (secondary N) is 1. The molecule has 0 spiro atoms. The number of rotatable bonds is 3. The Hall–Kier alpha value is -1.23. The van der Waals surface area contributed by atoms with E-state index < -0.39 is 11.8 Å². The van der Waals surface area contributed by atoms with Gasteiger partial charge in [0.2, 0.25) is 11.7 Å². The second-order valence-electron chi connectivity index (χ2n) is 2.25. The summed E-state index contributed by atoms with van der Waals surface area (Å²) in [6.45, 7) is 2.14. The van der Waals surface area contributed by atoms with Crippen molar-refractivity contribution in [1.29, 1.82) is 0 Å². The summed E-state index contributed by atoms with van der Waals surface area (Å²) in [5.74, 6) is -1.65. The Balaban J connectivity index is 0.00000144. The first kappa shape index (κ1) is 11.8. The van der Waals surface area contributed by atoms with Crippen LogP contribution in [0.3, 0.4) is 0 Å². The Morgan fingerprint density at radius 2 is 2.31 bits per heavy atom. The summed E-state index contributed by atoms with van der Waals surface area (Å²) < 4.78 is 4.82. The molecule has 0 atom stereocenters. The third-order valence-corrected chi connectivity index (χ3v) is 1.40. The smallest absolute Gasteiger partial charge is 0.344 e. The Morgan fingerprint density at radius 3 is 2.77 bits per heavy atom. The SMILES string of the molecule is CCNC1=C(C(=O)O)C(=O)CO1.Cl. The molecule has 0 unspecified atom stereocenters. The molecule has 0 aromatic carbocycles. The van der Waals surface area contributed by atoms with Gasteiger partial charge in [0.05, 0.1) is 0 Å². The van der Waals surface area contributed by atoms with Crippen LogP contribution in [0.5, 0.6) is 0 Å². The van der Waals surface area contributed by atoms with Gasteiger partial charge in [-0.05, 0) is 6.92 Å². The minimum absolute atomic E-state index is 0. The summed E-state index contributed by atoms with van der Waals surface area (Å²) in [4.78, 5) is 21.4. The van der Waals surface area contributed by atoms with Crippen LogP contribution in [0.1, 0.15) is 6.92 Å². The van der Waals surface area contributed by atoms with Gasteiger partial charge >= 0.3 is 5.97 Å². The van der Waals surface area contributed by atoms with E-state index in [4.69, 9.17) is 9.84 Å². The van der Waals surface area contributed by atoms with Crippen LogP contribution in [-0.4, -0.2) is 30.0 Å². The molecule has 0 fully saturated rings. The highest BCUT2D eigenvalue weighted by Gasteiger charge is 2.30. The Morgan fingerprint density at radius 1 is 1.69 bits per heavy atom. The number of ether oxygens (including phenoxy) is 1. The lowest BCUT2D eigenvalue weighted by molar-refractivity contribution is -0.134. The first-order valence-corrected chi connectivity index (χ1v) is 3.54. The maximum Gasteiger partial charge on any atom is 0.344 e. The molecule has 1 rings (SSSR count). The molecule has 0 aromatic heterocycles. The molecular formula is C7H10ClNO4. The molecule has 1 aliphatic rings. The first-order valence-electron chi connectivity index (χ1n) is 3.54. The molecule has 2 N–H and O–H groups in total. The van der Waals surface area contributed by atoms with Crippen molar-refractivity contribution < 1.29 is 19.4 Å². The van der Waals surface area contributed by atoms with Crippen LogP contribution in [-0.2, 0) is 14.3 Å². The monoisotopic (exact) mass is 207 g/mol. The molecule has 0 radical (unpaired) electrons. The van der Waals surface area contributed by atoms with Crippen molar-refractivity contribution in [2.24, 2.45) is 0 Å². The van der Waals surface area contributed by atoms with Crippen LogP contribution in [0.15, 0.2) is 11.5 Å². The zero-order chi connectivity index (χ0) is 9.14. The summed E-state index contributed by atoms with van der Waals surface area (Å²) in [7, 11) is 0. The fourth-order valence-electron chi connectivity index (χ4n) is 0.925. The van der Waals surface area contributed by atoms with E-state index in [1.807, 2.05) is 0 Å². The van der Waals surface area contributed by atoms with Crippen molar-refractivity contribution in [3.8, 4) is 0 Å². The Labute approximate surface area is 81.2 Å². The Bertz CT molecular complexity index is 261. The van der Waals surface area contributed by atoms with Crippen LogP contribution in [0.2, 0.25) is 0 Å². The number of hydrogen-bond donors (Lipinski definition) is 2. The topological polar surface area (TPSA) is 75.6 Å². The van der Waals surface area contributed by atoms with Crippen molar-refractivity contribution in [1.82, 2.24) is 5.32 Å². The summed E-state index contributed by atoms with van der Waals surface area (Å²) in [5, 5.41) is 11.2. The first-order chi connectivity index (χ1) is 5.66. The van der Waals surface area contributed by atoms with Crippen molar-refractivity contribution in [2.75, 3.05) is 13.2 Å². The number of hydrogen-bond acceptors (Lipinski definition) is 4. The van der Waals surface area contributed by atoms with Crippen LogP contribution in [0, 0.1) is 0 Å². The predicted molar refractivity (Wildman–Crippen MR) is 46.5 cm³/mol. The second-order valence-corrected chi connectivity index (χ2v) is 2.25. The van der Waals surface area contributed by atoms with E-state index in [0.717, 1.165) is 0 Å². The summed E-state index contributed by atoms with van der Waals surface area (Å²) >= 11 is 0. The van der Waals surface area contributed by atoms with Crippen LogP contribution >= 0.6 is 12.4 Å². The van der Waals surface area contributed by atoms with E-state index in [1.54, 1.807) is 6.92 Å². The molecule has 0 saturated carbocycles. The normalized spacial score (nSPS) is 15.0. The lowest BCUT2D eigenvalue weighted by atomic mass is 10.2. The number of aliphatic carboxylic acids is 1. The zero-order valence-corrected chi connectivity index (χ0v) is 7.81. The minimum Gasteiger partial charge on any atom is -0.477 e. The van der Waals surface area contributed by atoms with Crippen molar-refractivity contribution in [3.05, 3.63) is 11.5 Å². The number of carbonyl (C=O) groups excluding carboxylic acids is 1. The van der Waals surface area contributed by atoms with E-state index in [-0.39, 0.29) is 30.5 Å². The average molecular weight is 208 g/mol. The highest BCUT2D eigenvalue weighted by Crippen LogP contribution is 2.13. The van der Waals surface area contributed by atoms with E-state index in [9.17, 15) is 9.59 Å². The summed E-state index contributed by atoms with van der Waals surface area (Å²) in [6, 6.07) is 0. The average Bonchev–Trinajstić information content (AvgIpc) is 2.32. The van der Waals surface area contributed by atoms with E-state index in [0.29, 0.717) is 6.54 Å². The van der Waals surface area contributed by atoms with Gasteiger partial charge < -0.3 is 15.2 Å². The van der Waals surface area contributed by atoms with Crippen LogP contribution < -0.4 is 5.32 Å². The maximum atomic E-state index is 10.9. The van der Waals surface area contributed by atoms with Gasteiger partial charge in [-0.25, -0.2) is 4.79 Å². The molecule has 74 valence electrons. The lowest BCUT2D eigenvalue weighted by Gasteiger charge is -2.02. The minimum atomic E-state index is -1.24. The van der Waals surface area contributed by atoms with Gasteiger partial charge in [-0.1, -0.05) is 0 Å². The quantitative estimate of drug-likeness (QED) is 0.633. The number of halogens is 1. The summed E-state index contributed by atoms with van der Waals surface area (Å²) in [5.41, 5.74) is -0.281.